The quantitative estimate of drug-likeness (QED) is 0.592. The lowest BCUT2D eigenvalue weighted by atomic mass is 9.87. The van der Waals surface area contributed by atoms with Crippen molar-refractivity contribution in [3.05, 3.63) is 12.3 Å². The summed E-state index contributed by atoms with van der Waals surface area (Å²) >= 11 is 0. The van der Waals surface area contributed by atoms with Crippen LogP contribution in [0.2, 0.25) is 0 Å². The van der Waals surface area contributed by atoms with Gasteiger partial charge in [0.2, 0.25) is 0 Å². The molecule has 0 saturated carbocycles. The second-order valence-corrected chi connectivity index (χ2v) is 6.42. The molecule has 2 unspecified atom stereocenters. The maximum atomic E-state index is 6.02. The van der Waals surface area contributed by atoms with Crippen LogP contribution < -0.4 is 5.73 Å². The molecule has 0 aromatic rings. The minimum atomic E-state index is 0.237. The van der Waals surface area contributed by atoms with E-state index in [-0.39, 0.29) is 6.04 Å². The highest BCUT2D eigenvalue weighted by molar-refractivity contribution is 5.06. The Hall–Kier alpha value is -0.500. The first-order chi connectivity index (χ1) is 9.12. The van der Waals surface area contributed by atoms with Crippen LogP contribution in [0, 0.1) is 0 Å². The smallest absolute Gasteiger partial charge is 0.0419 e. The van der Waals surface area contributed by atoms with E-state index in [1.807, 2.05) is 0 Å². The predicted octanol–water partition coefficient (Wildman–Crippen LogP) is 4.45. The molecule has 2 N–H and O–H groups in total. The van der Waals surface area contributed by atoms with Gasteiger partial charge < -0.3 is 10.6 Å². The number of nitrogens with zero attached hydrogens (tertiary/aromatic N) is 1. The highest BCUT2D eigenvalue weighted by Gasteiger charge is 2.31. The summed E-state index contributed by atoms with van der Waals surface area (Å²) in [5, 5.41) is 0. The Morgan fingerprint density at radius 2 is 1.63 bits per heavy atom. The van der Waals surface area contributed by atoms with Gasteiger partial charge >= 0.3 is 0 Å². The zero-order valence-corrected chi connectivity index (χ0v) is 13.3. The molecule has 1 aliphatic heterocycles. The molecule has 112 valence electrons. The number of hydrogen-bond donors (Lipinski definition) is 1. The second kappa shape index (κ2) is 8.63. The standard InChI is InChI=1S/C17H34N2/c1-4-6-8-10-13-17(3,12-9-7-5-2)19-14-11-16(18)15-19/h11,14,16H,4-10,12-13,15,18H2,1-3H3. The normalized spacial score (nSPS) is 21.9. The number of nitrogens with two attached hydrogens (primary N) is 1. The van der Waals surface area contributed by atoms with Gasteiger partial charge in [-0.3, -0.25) is 0 Å². The molecule has 0 amide bonds. The highest BCUT2D eigenvalue weighted by atomic mass is 15.2. The summed E-state index contributed by atoms with van der Waals surface area (Å²) in [6.07, 6.45) is 16.5. The van der Waals surface area contributed by atoms with Crippen molar-refractivity contribution in [1.29, 1.82) is 0 Å². The lowest BCUT2D eigenvalue weighted by Gasteiger charge is -2.40. The maximum Gasteiger partial charge on any atom is 0.0419 e. The largest absolute Gasteiger partial charge is 0.370 e. The highest BCUT2D eigenvalue weighted by Crippen LogP contribution is 2.31. The Morgan fingerprint density at radius 1 is 1.05 bits per heavy atom. The first kappa shape index (κ1) is 16.6. The molecule has 1 aliphatic rings. The van der Waals surface area contributed by atoms with Crippen molar-refractivity contribution in [2.45, 2.75) is 90.1 Å². The van der Waals surface area contributed by atoms with E-state index in [4.69, 9.17) is 5.73 Å². The summed E-state index contributed by atoms with van der Waals surface area (Å²) in [5.41, 5.74) is 6.35. The first-order valence-electron chi connectivity index (χ1n) is 8.33. The summed E-state index contributed by atoms with van der Waals surface area (Å²) in [4.78, 5) is 2.51. The van der Waals surface area contributed by atoms with E-state index in [1.54, 1.807) is 0 Å². The number of unbranched alkanes of at least 4 members (excludes halogenated alkanes) is 5. The van der Waals surface area contributed by atoms with Gasteiger partial charge in [0.1, 0.15) is 0 Å². The zero-order chi connectivity index (χ0) is 14.1. The fourth-order valence-corrected chi connectivity index (χ4v) is 3.06. The molecule has 1 heterocycles. The molecular formula is C17H34N2. The minimum Gasteiger partial charge on any atom is -0.370 e. The van der Waals surface area contributed by atoms with E-state index in [1.165, 1.54) is 57.8 Å². The topological polar surface area (TPSA) is 29.3 Å². The van der Waals surface area contributed by atoms with Gasteiger partial charge in [0.15, 0.2) is 0 Å². The van der Waals surface area contributed by atoms with E-state index in [9.17, 15) is 0 Å². The summed E-state index contributed by atoms with van der Waals surface area (Å²) in [5.74, 6) is 0. The van der Waals surface area contributed by atoms with E-state index in [0.717, 1.165) is 6.54 Å². The molecule has 0 fully saturated rings. The van der Waals surface area contributed by atoms with Crippen molar-refractivity contribution in [3.63, 3.8) is 0 Å². The van der Waals surface area contributed by atoms with Gasteiger partial charge in [-0.15, -0.1) is 0 Å². The minimum absolute atomic E-state index is 0.237. The Balaban J connectivity index is 2.48. The fourth-order valence-electron chi connectivity index (χ4n) is 3.06. The lowest BCUT2D eigenvalue weighted by molar-refractivity contribution is 0.140. The average Bonchev–Trinajstić information content (AvgIpc) is 2.82. The Kier molecular flexibility index (Phi) is 7.52. The molecular weight excluding hydrogens is 232 g/mol. The maximum absolute atomic E-state index is 6.02. The summed E-state index contributed by atoms with van der Waals surface area (Å²) < 4.78 is 0. The fraction of sp³-hybridized carbons (Fsp3) is 0.882. The summed E-state index contributed by atoms with van der Waals surface area (Å²) in [7, 11) is 0. The van der Waals surface area contributed by atoms with E-state index < -0.39 is 0 Å². The van der Waals surface area contributed by atoms with Crippen molar-refractivity contribution in [1.82, 2.24) is 4.90 Å². The second-order valence-electron chi connectivity index (χ2n) is 6.42. The Labute approximate surface area is 120 Å². The van der Waals surface area contributed by atoms with Gasteiger partial charge in [-0.25, -0.2) is 0 Å². The molecule has 0 aromatic heterocycles. The van der Waals surface area contributed by atoms with E-state index in [2.05, 4.69) is 37.9 Å². The van der Waals surface area contributed by atoms with Gasteiger partial charge in [-0.1, -0.05) is 64.9 Å². The molecule has 0 bridgehead atoms. The molecule has 19 heavy (non-hydrogen) atoms. The van der Waals surface area contributed by atoms with Crippen LogP contribution in [0.15, 0.2) is 12.3 Å². The van der Waals surface area contributed by atoms with Crippen LogP contribution >= 0.6 is 0 Å². The Bertz CT molecular complexity index is 262. The van der Waals surface area contributed by atoms with Crippen LogP contribution in [0.25, 0.3) is 0 Å². The van der Waals surface area contributed by atoms with Gasteiger partial charge in [-0.2, -0.15) is 0 Å². The zero-order valence-electron chi connectivity index (χ0n) is 13.3. The number of rotatable bonds is 10. The Morgan fingerprint density at radius 3 is 2.16 bits per heavy atom. The molecule has 0 aromatic carbocycles. The summed E-state index contributed by atoms with van der Waals surface area (Å²) in [6, 6.07) is 0.237. The van der Waals surface area contributed by atoms with Gasteiger partial charge in [0.05, 0.1) is 0 Å². The molecule has 2 heteroatoms. The third-order valence-corrected chi connectivity index (χ3v) is 4.50. The molecule has 0 aliphatic carbocycles. The molecule has 2 nitrogen and oxygen atoms in total. The van der Waals surface area contributed by atoms with Crippen LogP contribution in [-0.2, 0) is 0 Å². The first-order valence-corrected chi connectivity index (χ1v) is 8.33. The SMILES string of the molecule is CCCCCCC(C)(CCCCC)N1C=CC(N)C1. The van der Waals surface area contributed by atoms with Crippen molar-refractivity contribution in [2.24, 2.45) is 5.73 Å². The molecule has 0 radical (unpaired) electrons. The van der Waals surface area contributed by atoms with Gasteiger partial charge in [-0.05, 0) is 26.0 Å². The van der Waals surface area contributed by atoms with Gasteiger partial charge in [0.25, 0.3) is 0 Å². The molecule has 1 rings (SSSR count). The number of hydrogen-bond acceptors (Lipinski definition) is 2. The van der Waals surface area contributed by atoms with Crippen molar-refractivity contribution in [3.8, 4) is 0 Å². The van der Waals surface area contributed by atoms with Crippen molar-refractivity contribution in [2.75, 3.05) is 6.54 Å². The van der Waals surface area contributed by atoms with E-state index in [0.29, 0.717) is 5.54 Å². The predicted molar refractivity (Wildman–Crippen MR) is 85.1 cm³/mol. The van der Waals surface area contributed by atoms with Crippen molar-refractivity contribution < 1.29 is 0 Å². The van der Waals surface area contributed by atoms with Crippen LogP contribution in [0.4, 0.5) is 0 Å². The van der Waals surface area contributed by atoms with Crippen LogP contribution in [-0.4, -0.2) is 23.0 Å². The average molecular weight is 266 g/mol. The van der Waals surface area contributed by atoms with Crippen LogP contribution in [0.3, 0.4) is 0 Å². The lowest BCUT2D eigenvalue weighted by Crippen LogP contribution is -2.44. The van der Waals surface area contributed by atoms with Gasteiger partial charge in [0, 0.05) is 18.1 Å². The summed E-state index contributed by atoms with van der Waals surface area (Å²) in [6.45, 7) is 8.01. The van der Waals surface area contributed by atoms with Crippen LogP contribution in [0.5, 0.6) is 0 Å². The third kappa shape index (κ3) is 5.56. The molecule has 0 saturated heterocycles. The van der Waals surface area contributed by atoms with Crippen molar-refractivity contribution >= 4 is 0 Å². The molecule has 2 atom stereocenters. The molecule has 0 spiro atoms. The monoisotopic (exact) mass is 266 g/mol. The third-order valence-electron chi connectivity index (χ3n) is 4.50. The van der Waals surface area contributed by atoms with E-state index >= 15 is 0 Å². The van der Waals surface area contributed by atoms with Crippen LogP contribution in [0.1, 0.15) is 78.6 Å².